The Morgan fingerprint density at radius 3 is 2.31 bits per heavy atom. The number of anilines is 2. The lowest BCUT2D eigenvalue weighted by atomic mass is 9.98. The highest BCUT2D eigenvalue weighted by Crippen LogP contribution is 2.27. The van der Waals surface area contributed by atoms with E-state index in [9.17, 15) is 29.6 Å². The Labute approximate surface area is 168 Å². The fourth-order valence-corrected chi connectivity index (χ4v) is 2.81. The summed E-state index contributed by atoms with van der Waals surface area (Å²) in [6.07, 6.45) is 0.288. The van der Waals surface area contributed by atoms with Crippen LogP contribution in [0.4, 0.5) is 20.6 Å². The van der Waals surface area contributed by atoms with Crippen LogP contribution >= 0.6 is 11.3 Å². The summed E-state index contributed by atoms with van der Waals surface area (Å²) < 4.78 is 5.12. The van der Waals surface area contributed by atoms with Gasteiger partial charge < -0.3 is 15.2 Å². The normalized spacial score (nSPS) is 12.0. The van der Waals surface area contributed by atoms with Crippen molar-refractivity contribution in [1.82, 2.24) is 4.98 Å². The number of nitro groups is 1. The lowest BCUT2D eigenvalue weighted by Gasteiger charge is -2.19. The molecule has 3 N–H and O–H groups in total. The molecule has 1 heterocycles. The topological polar surface area (TPSA) is 161 Å². The molecule has 0 bridgehead atoms. The third-order valence-electron chi connectivity index (χ3n) is 3.30. The van der Waals surface area contributed by atoms with Crippen molar-refractivity contribution in [3.63, 3.8) is 0 Å². The summed E-state index contributed by atoms with van der Waals surface area (Å²) in [6.45, 7) is 5.13. The van der Waals surface area contributed by atoms with Crippen molar-refractivity contribution in [1.29, 1.82) is 0 Å². The molecule has 0 aliphatic rings. The van der Waals surface area contributed by atoms with Gasteiger partial charge in [-0.3, -0.25) is 25.0 Å². The molecule has 1 aromatic heterocycles. The van der Waals surface area contributed by atoms with Crippen molar-refractivity contribution in [2.45, 2.75) is 32.3 Å². The predicted octanol–water partition coefficient (Wildman–Crippen LogP) is 3.21. The molecule has 0 aliphatic carbocycles. The third-order valence-corrected chi connectivity index (χ3v) is 4.17. The van der Waals surface area contributed by atoms with E-state index in [4.69, 9.17) is 4.74 Å². The molecule has 29 heavy (non-hydrogen) atoms. The number of carbonyl (C=O) groups excluding carboxylic acids is 2. The number of nitrogens with zero attached hydrogens (tertiary/aromatic N) is 2. The van der Waals surface area contributed by atoms with Crippen LogP contribution in [0, 0.1) is 10.1 Å². The number of carboxylic acids is 1. The molecule has 11 nitrogen and oxygen atoms in total. The highest BCUT2D eigenvalue weighted by Gasteiger charge is 2.29. The standard InChI is InChI=1S/C17H18N4O7S/c1-17(2,3)28-16(25)19-10-6-4-9(5-7-10)12(14(23)24)13(22)20-15-18-8-11(29-15)21(26)27/h4-8,12H,1-3H3,(H,19,25)(H,23,24)(H,18,20,22). The first-order valence-corrected chi connectivity index (χ1v) is 9.02. The molecule has 1 atom stereocenters. The van der Waals surface area contributed by atoms with Gasteiger partial charge in [-0.2, -0.15) is 0 Å². The van der Waals surface area contributed by atoms with Gasteiger partial charge in [0.25, 0.3) is 0 Å². The number of carbonyl (C=O) groups is 3. The summed E-state index contributed by atoms with van der Waals surface area (Å²) in [6, 6.07) is 5.60. The number of ether oxygens (including phenoxy) is 1. The van der Waals surface area contributed by atoms with Crippen LogP contribution in [-0.4, -0.2) is 38.6 Å². The first-order chi connectivity index (χ1) is 13.5. The molecule has 1 unspecified atom stereocenters. The number of hydrogen-bond donors (Lipinski definition) is 3. The molecule has 0 fully saturated rings. The van der Waals surface area contributed by atoms with Gasteiger partial charge in [-0.05, 0) is 49.8 Å². The number of benzene rings is 1. The second-order valence-corrected chi connectivity index (χ2v) is 7.78. The van der Waals surface area contributed by atoms with Crippen molar-refractivity contribution >= 4 is 45.1 Å². The van der Waals surface area contributed by atoms with E-state index in [0.717, 1.165) is 6.20 Å². The molecule has 2 amide bonds. The van der Waals surface area contributed by atoms with Crippen LogP contribution in [0.2, 0.25) is 0 Å². The molecular formula is C17H18N4O7S. The monoisotopic (exact) mass is 422 g/mol. The summed E-state index contributed by atoms with van der Waals surface area (Å²) in [5.41, 5.74) is -0.180. The van der Waals surface area contributed by atoms with Gasteiger partial charge in [-0.1, -0.05) is 12.1 Å². The second kappa shape index (κ2) is 8.65. The molecule has 0 saturated heterocycles. The van der Waals surface area contributed by atoms with E-state index in [-0.39, 0.29) is 15.7 Å². The van der Waals surface area contributed by atoms with E-state index in [1.54, 1.807) is 20.8 Å². The molecule has 12 heteroatoms. The van der Waals surface area contributed by atoms with Crippen LogP contribution in [0.1, 0.15) is 32.3 Å². The third kappa shape index (κ3) is 6.24. The average molecular weight is 422 g/mol. The zero-order chi connectivity index (χ0) is 21.8. The van der Waals surface area contributed by atoms with Crippen LogP contribution in [0.25, 0.3) is 0 Å². The number of aromatic nitrogens is 1. The first-order valence-electron chi connectivity index (χ1n) is 8.20. The molecule has 0 radical (unpaired) electrons. The van der Waals surface area contributed by atoms with Crippen LogP contribution in [-0.2, 0) is 14.3 Å². The summed E-state index contributed by atoms with van der Waals surface area (Å²) in [5, 5.41) is 24.5. The molecule has 2 rings (SSSR count). The van der Waals surface area contributed by atoms with E-state index in [1.165, 1.54) is 24.3 Å². The SMILES string of the molecule is CC(C)(C)OC(=O)Nc1ccc(C(C(=O)O)C(=O)Nc2ncc([N+](=O)[O-])s2)cc1. The van der Waals surface area contributed by atoms with Gasteiger partial charge in [-0.25, -0.2) is 9.78 Å². The molecular weight excluding hydrogens is 404 g/mol. The zero-order valence-electron chi connectivity index (χ0n) is 15.7. The number of amides is 2. The number of aliphatic carboxylic acids is 1. The number of hydrogen-bond acceptors (Lipinski definition) is 8. The van der Waals surface area contributed by atoms with E-state index in [0.29, 0.717) is 17.0 Å². The number of rotatable bonds is 6. The van der Waals surface area contributed by atoms with Gasteiger partial charge >= 0.3 is 17.1 Å². The van der Waals surface area contributed by atoms with Gasteiger partial charge in [0, 0.05) is 5.69 Å². The van der Waals surface area contributed by atoms with Gasteiger partial charge in [0.15, 0.2) is 11.0 Å². The Morgan fingerprint density at radius 1 is 1.21 bits per heavy atom. The molecule has 0 spiro atoms. The largest absolute Gasteiger partial charge is 0.480 e. The van der Waals surface area contributed by atoms with Crippen LogP contribution < -0.4 is 10.6 Å². The lowest BCUT2D eigenvalue weighted by molar-refractivity contribution is -0.380. The Balaban J connectivity index is 2.11. The minimum Gasteiger partial charge on any atom is -0.480 e. The quantitative estimate of drug-likeness (QED) is 0.363. The summed E-state index contributed by atoms with van der Waals surface area (Å²) >= 11 is 0.611. The molecule has 0 aliphatic heterocycles. The van der Waals surface area contributed by atoms with Crippen LogP contribution in [0.3, 0.4) is 0 Å². The van der Waals surface area contributed by atoms with E-state index in [2.05, 4.69) is 15.6 Å². The van der Waals surface area contributed by atoms with Crippen molar-refractivity contribution < 1.29 is 29.2 Å². The van der Waals surface area contributed by atoms with Gasteiger partial charge in [0.1, 0.15) is 11.8 Å². The summed E-state index contributed by atoms with van der Waals surface area (Å²) in [5.74, 6) is -3.90. The van der Waals surface area contributed by atoms with Gasteiger partial charge in [-0.15, -0.1) is 0 Å². The Hall–Kier alpha value is -3.54. The summed E-state index contributed by atoms with van der Waals surface area (Å²) in [4.78, 5) is 49.4. The number of thiazole rings is 1. The van der Waals surface area contributed by atoms with Crippen molar-refractivity contribution in [2.24, 2.45) is 0 Å². The maximum Gasteiger partial charge on any atom is 0.412 e. The maximum absolute atomic E-state index is 12.4. The molecule has 154 valence electrons. The lowest BCUT2D eigenvalue weighted by Crippen LogP contribution is -2.28. The molecule has 1 aromatic carbocycles. The van der Waals surface area contributed by atoms with Crippen LogP contribution in [0.15, 0.2) is 30.5 Å². The Kier molecular flexibility index (Phi) is 6.49. The highest BCUT2D eigenvalue weighted by atomic mass is 32.1. The van der Waals surface area contributed by atoms with Gasteiger partial charge in [0.2, 0.25) is 5.91 Å². The maximum atomic E-state index is 12.4. The van der Waals surface area contributed by atoms with Gasteiger partial charge in [0.05, 0.1) is 4.92 Å². The predicted molar refractivity (Wildman–Crippen MR) is 104 cm³/mol. The van der Waals surface area contributed by atoms with Crippen molar-refractivity contribution in [3.05, 3.63) is 46.1 Å². The van der Waals surface area contributed by atoms with Crippen molar-refractivity contribution in [2.75, 3.05) is 10.6 Å². The Bertz CT molecular complexity index is 934. The second-order valence-electron chi connectivity index (χ2n) is 6.77. The number of carboxylic acid groups (broad SMARTS) is 1. The smallest absolute Gasteiger partial charge is 0.412 e. The van der Waals surface area contributed by atoms with Crippen molar-refractivity contribution in [3.8, 4) is 0 Å². The van der Waals surface area contributed by atoms with E-state index >= 15 is 0 Å². The zero-order valence-corrected chi connectivity index (χ0v) is 16.5. The average Bonchev–Trinajstić information content (AvgIpc) is 3.03. The Morgan fingerprint density at radius 2 is 1.83 bits per heavy atom. The molecule has 2 aromatic rings. The van der Waals surface area contributed by atoms with E-state index in [1.807, 2.05) is 0 Å². The fraction of sp³-hybridized carbons (Fsp3) is 0.294. The fourth-order valence-electron chi connectivity index (χ4n) is 2.17. The minimum absolute atomic E-state index is 0.0869. The first kappa shape index (κ1) is 21.8. The van der Waals surface area contributed by atoms with Crippen LogP contribution in [0.5, 0.6) is 0 Å². The number of nitrogens with one attached hydrogen (secondary N) is 2. The van der Waals surface area contributed by atoms with E-state index < -0.39 is 34.4 Å². The minimum atomic E-state index is -1.58. The molecule has 0 saturated carbocycles. The highest BCUT2D eigenvalue weighted by molar-refractivity contribution is 7.18. The summed E-state index contributed by atoms with van der Waals surface area (Å²) in [7, 11) is 0.